The lowest BCUT2D eigenvalue weighted by molar-refractivity contribution is -0.116. The Bertz CT molecular complexity index is 720. The summed E-state index contributed by atoms with van der Waals surface area (Å²) in [5.74, 6) is 0.343. The third kappa shape index (κ3) is 3.97. The lowest BCUT2D eigenvalue weighted by Crippen LogP contribution is -2.28. The first-order valence-corrected chi connectivity index (χ1v) is 7.19. The number of rotatable bonds is 5. The summed E-state index contributed by atoms with van der Waals surface area (Å²) in [7, 11) is 0. The molecule has 0 radical (unpaired) electrons. The van der Waals surface area contributed by atoms with Crippen molar-refractivity contribution in [3.63, 3.8) is 0 Å². The van der Waals surface area contributed by atoms with E-state index in [1.807, 2.05) is 26.0 Å². The number of para-hydroxylation sites is 2. The highest BCUT2D eigenvalue weighted by molar-refractivity contribution is 5.92. The van der Waals surface area contributed by atoms with Crippen LogP contribution in [-0.4, -0.2) is 16.6 Å². The Balaban J connectivity index is 2.13. The van der Waals surface area contributed by atoms with Crippen LogP contribution in [0.25, 0.3) is 0 Å². The van der Waals surface area contributed by atoms with Crippen molar-refractivity contribution in [2.75, 3.05) is 5.32 Å². The zero-order valence-corrected chi connectivity index (χ0v) is 13.0. The number of amides is 1. The molecular formula is C17H20N2O3. The Morgan fingerprint density at radius 2 is 1.95 bits per heavy atom. The second-order valence-electron chi connectivity index (χ2n) is 5.34. The summed E-state index contributed by atoms with van der Waals surface area (Å²) >= 11 is 0. The zero-order valence-electron chi connectivity index (χ0n) is 13.0. The van der Waals surface area contributed by atoms with Gasteiger partial charge in [-0.05, 0) is 39.0 Å². The van der Waals surface area contributed by atoms with E-state index in [0.29, 0.717) is 17.0 Å². The van der Waals surface area contributed by atoms with E-state index in [0.717, 1.165) is 0 Å². The number of benzene rings is 1. The van der Waals surface area contributed by atoms with Crippen molar-refractivity contribution in [2.24, 2.45) is 0 Å². The van der Waals surface area contributed by atoms with E-state index in [1.165, 1.54) is 4.57 Å². The lowest BCUT2D eigenvalue weighted by Gasteiger charge is -2.15. The van der Waals surface area contributed by atoms with Gasteiger partial charge in [-0.25, -0.2) is 0 Å². The van der Waals surface area contributed by atoms with E-state index < -0.39 is 0 Å². The van der Waals surface area contributed by atoms with Crippen LogP contribution in [0.15, 0.2) is 47.4 Å². The number of anilines is 1. The van der Waals surface area contributed by atoms with E-state index in [1.54, 1.807) is 37.4 Å². The maximum atomic E-state index is 12.2. The van der Waals surface area contributed by atoms with Gasteiger partial charge < -0.3 is 14.6 Å². The molecule has 0 bridgehead atoms. The molecule has 0 atom stereocenters. The van der Waals surface area contributed by atoms with Gasteiger partial charge in [0.2, 0.25) is 5.91 Å². The monoisotopic (exact) mass is 300 g/mol. The highest BCUT2D eigenvalue weighted by Gasteiger charge is 2.10. The Morgan fingerprint density at radius 3 is 2.68 bits per heavy atom. The number of aromatic nitrogens is 1. The molecule has 0 spiro atoms. The number of hydrogen-bond acceptors (Lipinski definition) is 3. The Kier molecular flexibility index (Phi) is 4.99. The van der Waals surface area contributed by atoms with E-state index in [-0.39, 0.29) is 24.1 Å². The van der Waals surface area contributed by atoms with Crippen LogP contribution in [-0.2, 0) is 11.3 Å². The van der Waals surface area contributed by atoms with Gasteiger partial charge in [-0.1, -0.05) is 18.2 Å². The molecule has 116 valence electrons. The third-order valence-corrected chi connectivity index (χ3v) is 3.05. The van der Waals surface area contributed by atoms with E-state index in [4.69, 9.17) is 4.74 Å². The predicted octanol–water partition coefficient (Wildman–Crippen LogP) is 2.58. The quantitative estimate of drug-likeness (QED) is 0.923. The average Bonchev–Trinajstić information content (AvgIpc) is 2.45. The van der Waals surface area contributed by atoms with E-state index in [9.17, 15) is 9.59 Å². The van der Waals surface area contributed by atoms with Gasteiger partial charge in [-0.3, -0.25) is 9.59 Å². The molecule has 0 aliphatic heterocycles. The normalized spacial score (nSPS) is 10.5. The minimum Gasteiger partial charge on any atom is -0.489 e. The second-order valence-corrected chi connectivity index (χ2v) is 5.34. The van der Waals surface area contributed by atoms with Crippen molar-refractivity contribution in [3.05, 3.63) is 58.5 Å². The summed E-state index contributed by atoms with van der Waals surface area (Å²) in [4.78, 5) is 24.1. The molecular weight excluding hydrogens is 280 g/mol. The topological polar surface area (TPSA) is 60.3 Å². The van der Waals surface area contributed by atoms with Crippen LogP contribution in [0.5, 0.6) is 5.75 Å². The summed E-state index contributed by atoms with van der Waals surface area (Å²) in [5, 5.41) is 2.79. The van der Waals surface area contributed by atoms with Gasteiger partial charge in [0.1, 0.15) is 12.3 Å². The van der Waals surface area contributed by atoms with Gasteiger partial charge in [0.05, 0.1) is 11.8 Å². The molecule has 1 N–H and O–H groups in total. The first-order chi connectivity index (χ1) is 10.5. The fourth-order valence-corrected chi connectivity index (χ4v) is 2.05. The molecule has 1 aromatic heterocycles. The average molecular weight is 300 g/mol. The molecule has 0 aliphatic carbocycles. The van der Waals surface area contributed by atoms with Crippen molar-refractivity contribution < 1.29 is 9.53 Å². The van der Waals surface area contributed by atoms with Crippen LogP contribution < -0.4 is 15.6 Å². The van der Waals surface area contributed by atoms with Crippen molar-refractivity contribution in [1.82, 2.24) is 4.57 Å². The maximum absolute atomic E-state index is 12.2. The Morgan fingerprint density at radius 1 is 1.23 bits per heavy atom. The predicted molar refractivity (Wildman–Crippen MR) is 86.3 cm³/mol. The van der Waals surface area contributed by atoms with Crippen LogP contribution in [0.3, 0.4) is 0 Å². The molecule has 1 amide bonds. The van der Waals surface area contributed by atoms with Crippen molar-refractivity contribution in [1.29, 1.82) is 0 Å². The molecule has 0 fully saturated rings. The highest BCUT2D eigenvalue weighted by Crippen LogP contribution is 2.24. The minimum absolute atomic E-state index is 0.0115. The summed E-state index contributed by atoms with van der Waals surface area (Å²) < 4.78 is 7.04. The Labute approximate surface area is 129 Å². The van der Waals surface area contributed by atoms with Crippen LogP contribution in [0.1, 0.15) is 19.4 Å². The number of nitrogens with one attached hydrogen (secondary N) is 1. The molecule has 2 aromatic rings. The van der Waals surface area contributed by atoms with Gasteiger partial charge >= 0.3 is 0 Å². The van der Waals surface area contributed by atoms with E-state index >= 15 is 0 Å². The van der Waals surface area contributed by atoms with Crippen LogP contribution in [0.4, 0.5) is 5.69 Å². The van der Waals surface area contributed by atoms with Crippen LogP contribution in [0, 0.1) is 6.92 Å². The summed E-state index contributed by atoms with van der Waals surface area (Å²) in [6.07, 6.45) is 1.61. The number of pyridine rings is 1. The number of carbonyl (C=O) groups is 1. The second kappa shape index (κ2) is 6.93. The molecule has 0 saturated heterocycles. The van der Waals surface area contributed by atoms with Crippen LogP contribution in [0.2, 0.25) is 0 Å². The minimum atomic E-state index is -0.271. The van der Waals surface area contributed by atoms with E-state index in [2.05, 4.69) is 5.32 Å². The maximum Gasteiger partial charge on any atom is 0.253 e. The highest BCUT2D eigenvalue weighted by atomic mass is 16.5. The SMILES string of the molecule is Cc1cccn(CC(=O)Nc2ccccc2OC(C)C)c1=O. The number of hydrogen-bond donors (Lipinski definition) is 1. The number of aryl methyl sites for hydroxylation is 1. The van der Waals surface area contributed by atoms with Crippen molar-refractivity contribution in [3.8, 4) is 5.75 Å². The van der Waals surface area contributed by atoms with Gasteiger partial charge in [-0.15, -0.1) is 0 Å². The molecule has 2 rings (SSSR count). The first-order valence-electron chi connectivity index (χ1n) is 7.19. The molecule has 0 unspecified atom stereocenters. The van der Waals surface area contributed by atoms with Gasteiger partial charge in [0.15, 0.2) is 0 Å². The molecule has 22 heavy (non-hydrogen) atoms. The first kappa shape index (κ1) is 15.8. The molecule has 5 heteroatoms. The van der Waals surface area contributed by atoms with Crippen LogP contribution >= 0.6 is 0 Å². The van der Waals surface area contributed by atoms with Gasteiger partial charge in [0, 0.05) is 11.8 Å². The summed E-state index contributed by atoms with van der Waals surface area (Å²) in [5.41, 5.74) is 1.05. The number of ether oxygens (including phenoxy) is 1. The molecule has 1 aromatic carbocycles. The Hall–Kier alpha value is -2.56. The molecule has 0 aliphatic rings. The third-order valence-electron chi connectivity index (χ3n) is 3.05. The summed E-state index contributed by atoms with van der Waals surface area (Å²) in [6.45, 7) is 5.54. The number of nitrogens with zero attached hydrogens (tertiary/aromatic N) is 1. The molecule has 5 nitrogen and oxygen atoms in total. The van der Waals surface area contributed by atoms with Gasteiger partial charge in [0.25, 0.3) is 5.56 Å². The lowest BCUT2D eigenvalue weighted by atomic mass is 10.2. The zero-order chi connectivity index (χ0) is 16.1. The molecule has 0 saturated carbocycles. The molecule has 1 heterocycles. The fourth-order valence-electron chi connectivity index (χ4n) is 2.05. The standard InChI is InChI=1S/C17H20N2O3/c1-12(2)22-15-9-5-4-8-14(15)18-16(20)11-19-10-6-7-13(3)17(19)21/h4-10,12H,11H2,1-3H3,(H,18,20). The summed E-state index contributed by atoms with van der Waals surface area (Å²) in [6, 6.07) is 10.7. The largest absolute Gasteiger partial charge is 0.489 e. The smallest absolute Gasteiger partial charge is 0.253 e. The van der Waals surface area contributed by atoms with Crippen molar-refractivity contribution in [2.45, 2.75) is 33.4 Å². The van der Waals surface area contributed by atoms with Gasteiger partial charge in [-0.2, -0.15) is 0 Å². The fraction of sp³-hybridized carbons (Fsp3) is 0.294. The number of carbonyl (C=O) groups excluding carboxylic acids is 1. The van der Waals surface area contributed by atoms with Crippen molar-refractivity contribution >= 4 is 11.6 Å².